The third kappa shape index (κ3) is 4.46. The van der Waals surface area contributed by atoms with Crippen molar-refractivity contribution in [1.29, 1.82) is 0 Å². The molecule has 29 heavy (non-hydrogen) atoms. The van der Waals surface area contributed by atoms with Crippen LogP contribution >= 0.6 is 11.6 Å². The second-order valence-electron chi connectivity index (χ2n) is 7.87. The van der Waals surface area contributed by atoms with Crippen LogP contribution in [0.1, 0.15) is 34.3 Å². The van der Waals surface area contributed by atoms with Crippen LogP contribution in [-0.2, 0) is 11.3 Å². The number of rotatable bonds is 4. The first-order valence-corrected chi connectivity index (χ1v) is 10.6. The van der Waals surface area contributed by atoms with Crippen LogP contribution in [0.5, 0.6) is 0 Å². The van der Waals surface area contributed by atoms with E-state index in [0.717, 1.165) is 26.1 Å². The Labute approximate surface area is 176 Å². The van der Waals surface area contributed by atoms with Gasteiger partial charge in [0.2, 0.25) is 5.91 Å². The molecule has 2 aromatic carbocycles. The van der Waals surface area contributed by atoms with Crippen LogP contribution in [0, 0.1) is 6.92 Å². The third-order valence-corrected chi connectivity index (χ3v) is 5.94. The summed E-state index contributed by atoms with van der Waals surface area (Å²) in [6.07, 6.45) is 1.34. The predicted molar refractivity (Wildman–Crippen MR) is 115 cm³/mol. The average Bonchev–Trinajstić information content (AvgIpc) is 3.14. The van der Waals surface area contributed by atoms with Gasteiger partial charge in [-0.25, -0.2) is 0 Å². The molecule has 0 aromatic heterocycles. The number of hydrogen-bond donors (Lipinski definition) is 0. The lowest BCUT2D eigenvalue weighted by molar-refractivity contribution is -0.117. The summed E-state index contributed by atoms with van der Waals surface area (Å²) in [4.78, 5) is 31.4. The lowest BCUT2D eigenvalue weighted by Crippen LogP contribution is -2.48. The maximum Gasteiger partial charge on any atom is 0.256 e. The highest BCUT2D eigenvalue weighted by Gasteiger charge is 2.29. The van der Waals surface area contributed by atoms with E-state index in [0.29, 0.717) is 42.3 Å². The minimum Gasteiger partial charge on any atom is -0.336 e. The van der Waals surface area contributed by atoms with Crippen LogP contribution in [0.4, 0.5) is 5.69 Å². The van der Waals surface area contributed by atoms with Crippen molar-refractivity contribution in [2.24, 2.45) is 0 Å². The highest BCUT2D eigenvalue weighted by molar-refractivity contribution is 6.31. The fraction of sp³-hybridized carbons (Fsp3) is 0.391. The van der Waals surface area contributed by atoms with Crippen LogP contribution in [0.3, 0.4) is 0 Å². The number of halogens is 1. The first-order chi connectivity index (χ1) is 14.0. The van der Waals surface area contributed by atoms with Gasteiger partial charge in [-0.1, -0.05) is 41.4 Å². The summed E-state index contributed by atoms with van der Waals surface area (Å²) in [5, 5.41) is 0.541. The van der Waals surface area contributed by atoms with Crippen molar-refractivity contribution in [3.8, 4) is 0 Å². The number of carbonyl (C=O) groups is 2. The number of carbonyl (C=O) groups excluding carboxylic acids is 2. The molecule has 0 atom stereocenters. The Morgan fingerprint density at radius 1 is 1.03 bits per heavy atom. The quantitative estimate of drug-likeness (QED) is 0.769. The fourth-order valence-corrected chi connectivity index (χ4v) is 4.33. The van der Waals surface area contributed by atoms with Gasteiger partial charge in [0.15, 0.2) is 0 Å². The zero-order valence-electron chi connectivity index (χ0n) is 16.7. The van der Waals surface area contributed by atoms with Gasteiger partial charge in [-0.05, 0) is 37.1 Å². The van der Waals surface area contributed by atoms with Gasteiger partial charge in [-0.15, -0.1) is 0 Å². The predicted octanol–water partition coefficient (Wildman–Crippen LogP) is 3.73. The Morgan fingerprint density at radius 3 is 2.52 bits per heavy atom. The van der Waals surface area contributed by atoms with E-state index in [2.05, 4.69) is 36.1 Å². The summed E-state index contributed by atoms with van der Waals surface area (Å²) >= 11 is 6.17. The molecule has 0 unspecified atom stereocenters. The van der Waals surface area contributed by atoms with E-state index in [1.54, 1.807) is 23.1 Å². The fourth-order valence-electron chi connectivity index (χ4n) is 4.16. The van der Waals surface area contributed by atoms with E-state index >= 15 is 0 Å². The molecular weight excluding hydrogens is 386 g/mol. The maximum absolute atomic E-state index is 13.2. The molecule has 2 aliphatic heterocycles. The molecule has 0 N–H and O–H groups in total. The Kier molecular flexibility index (Phi) is 5.88. The summed E-state index contributed by atoms with van der Waals surface area (Å²) in [5.74, 6) is 0.0378. The Morgan fingerprint density at radius 2 is 1.83 bits per heavy atom. The molecule has 2 amide bonds. The monoisotopic (exact) mass is 411 g/mol. The van der Waals surface area contributed by atoms with E-state index in [-0.39, 0.29) is 11.8 Å². The summed E-state index contributed by atoms with van der Waals surface area (Å²) in [5.41, 5.74) is 3.78. The number of hydrogen-bond acceptors (Lipinski definition) is 3. The number of aryl methyl sites for hydroxylation is 1. The molecule has 0 spiro atoms. The molecule has 152 valence electrons. The minimum atomic E-state index is -0.0217. The van der Waals surface area contributed by atoms with E-state index < -0.39 is 0 Å². The second kappa shape index (κ2) is 8.56. The Balaban J connectivity index is 1.44. The van der Waals surface area contributed by atoms with E-state index in [4.69, 9.17) is 11.6 Å². The van der Waals surface area contributed by atoms with Gasteiger partial charge in [0.1, 0.15) is 0 Å². The zero-order valence-corrected chi connectivity index (χ0v) is 17.5. The lowest BCUT2D eigenvalue weighted by Gasteiger charge is -2.35. The summed E-state index contributed by atoms with van der Waals surface area (Å²) in [6.45, 7) is 6.69. The van der Waals surface area contributed by atoms with E-state index in [1.807, 2.05) is 4.90 Å². The number of benzene rings is 2. The highest BCUT2D eigenvalue weighted by atomic mass is 35.5. The molecule has 5 nitrogen and oxygen atoms in total. The minimum absolute atomic E-state index is 0.0217. The van der Waals surface area contributed by atoms with E-state index in [1.165, 1.54) is 11.1 Å². The number of nitrogens with zero attached hydrogens (tertiary/aromatic N) is 3. The normalized spacial score (nSPS) is 17.8. The molecule has 2 heterocycles. The number of anilines is 1. The molecule has 4 rings (SSSR count). The van der Waals surface area contributed by atoms with Crippen molar-refractivity contribution in [2.45, 2.75) is 26.3 Å². The lowest BCUT2D eigenvalue weighted by atomic mass is 10.1. The molecule has 2 fully saturated rings. The topological polar surface area (TPSA) is 43.9 Å². The summed E-state index contributed by atoms with van der Waals surface area (Å²) in [6, 6.07) is 13.8. The first-order valence-electron chi connectivity index (χ1n) is 10.2. The molecule has 0 saturated carbocycles. The molecule has 0 radical (unpaired) electrons. The van der Waals surface area contributed by atoms with Crippen LogP contribution in [0.15, 0.2) is 42.5 Å². The molecule has 0 aliphatic carbocycles. The second-order valence-corrected chi connectivity index (χ2v) is 8.30. The molecule has 2 aromatic rings. The van der Waals surface area contributed by atoms with Gasteiger partial charge in [0, 0.05) is 50.7 Å². The summed E-state index contributed by atoms with van der Waals surface area (Å²) in [7, 11) is 0. The molecule has 0 bridgehead atoms. The standard InChI is InChI=1S/C23H26ClN3O2/c1-17-4-2-5-18(14-17)16-25-10-12-26(13-11-25)23(29)20-8-7-19(24)15-21(20)27-9-3-6-22(27)28/h2,4-5,7-8,14-15H,3,6,9-13,16H2,1H3. The van der Waals surface area contributed by atoms with Crippen LogP contribution < -0.4 is 4.90 Å². The van der Waals surface area contributed by atoms with Crippen molar-refractivity contribution in [1.82, 2.24) is 9.80 Å². The van der Waals surface area contributed by atoms with Gasteiger partial charge in [-0.2, -0.15) is 0 Å². The Hall–Kier alpha value is -2.37. The molecular formula is C23H26ClN3O2. The van der Waals surface area contributed by atoms with Gasteiger partial charge < -0.3 is 9.80 Å². The highest BCUT2D eigenvalue weighted by Crippen LogP contribution is 2.30. The molecule has 2 aliphatic rings. The van der Waals surface area contributed by atoms with Crippen LogP contribution in [-0.4, -0.2) is 54.3 Å². The van der Waals surface area contributed by atoms with Crippen molar-refractivity contribution in [3.63, 3.8) is 0 Å². The van der Waals surface area contributed by atoms with Crippen molar-refractivity contribution in [2.75, 3.05) is 37.6 Å². The number of piperazine rings is 1. The molecule has 2 saturated heterocycles. The van der Waals surface area contributed by atoms with Crippen molar-refractivity contribution < 1.29 is 9.59 Å². The van der Waals surface area contributed by atoms with Crippen LogP contribution in [0.25, 0.3) is 0 Å². The van der Waals surface area contributed by atoms with Gasteiger partial charge in [0.05, 0.1) is 11.3 Å². The molecule has 6 heteroatoms. The van der Waals surface area contributed by atoms with Crippen molar-refractivity contribution in [3.05, 3.63) is 64.2 Å². The van der Waals surface area contributed by atoms with Gasteiger partial charge in [-0.3, -0.25) is 14.5 Å². The average molecular weight is 412 g/mol. The van der Waals surface area contributed by atoms with Gasteiger partial charge in [0.25, 0.3) is 5.91 Å². The third-order valence-electron chi connectivity index (χ3n) is 5.70. The first kappa shape index (κ1) is 19.9. The maximum atomic E-state index is 13.2. The summed E-state index contributed by atoms with van der Waals surface area (Å²) < 4.78 is 0. The van der Waals surface area contributed by atoms with Gasteiger partial charge >= 0.3 is 0 Å². The smallest absolute Gasteiger partial charge is 0.256 e. The number of amides is 2. The largest absolute Gasteiger partial charge is 0.336 e. The zero-order chi connectivity index (χ0) is 20.4. The van der Waals surface area contributed by atoms with E-state index in [9.17, 15) is 9.59 Å². The Bertz CT molecular complexity index is 922. The van der Waals surface area contributed by atoms with Crippen molar-refractivity contribution >= 4 is 29.1 Å². The SMILES string of the molecule is Cc1cccc(CN2CCN(C(=O)c3ccc(Cl)cc3N3CCCC3=O)CC2)c1. The van der Waals surface area contributed by atoms with Crippen LogP contribution in [0.2, 0.25) is 5.02 Å².